The lowest BCUT2D eigenvalue weighted by Gasteiger charge is -2.32. The van der Waals surface area contributed by atoms with E-state index < -0.39 is 8.07 Å². The number of hydrogen-bond acceptors (Lipinski definition) is 4. The summed E-state index contributed by atoms with van der Waals surface area (Å²) in [5.41, 5.74) is 4.52. The zero-order chi connectivity index (χ0) is 28.7. The first-order valence-corrected chi connectivity index (χ1v) is 20.6. The molecule has 0 saturated carbocycles. The third-order valence-corrected chi connectivity index (χ3v) is 17.8. The van der Waals surface area contributed by atoms with Gasteiger partial charge in [-0.3, -0.25) is 0 Å². The summed E-state index contributed by atoms with van der Waals surface area (Å²) in [5, 5.41) is 24.2. The van der Waals surface area contributed by atoms with Crippen LogP contribution in [-0.4, -0.2) is 29.0 Å². The van der Waals surface area contributed by atoms with Gasteiger partial charge in [0, 0.05) is 9.79 Å². The standard InChI is InChI=1S/C34H56O2S2Si/c1-7-13-19-39(20-14-8-2,25-37-31-21-27(15-9-3)33(35)28(22-31)16-10-4)26-38-32-23-29(17-11-5)34(36)30(24-32)18-12-6/h21-24,35-36H,7-20,25-26H2,1-6H3. The molecular weight excluding hydrogens is 533 g/mol. The van der Waals surface area contributed by atoms with E-state index in [0.717, 1.165) is 73.6 Å². The first-order valence-electron chi connectivity index (χ1n) is 15.8. The van der Waals surface area contributed by atoms with Crippen molar-refractivity contribution in [2.75, 3.05) is 10.8 Å². The lowest BCUT2D eigenvalue weighted by Crippen LogP contribution is -2.41. The lowest BCUT2D eigenvalue weighted by atomic mass is 10.0. The number of benzene rings is 2. The maximum atomic E-state index is 10.9. The largest absolute Gasteiger partial charge is 0.507 e. The number of phenols is 2. The van der Waals surface area contributed by atoms with Crippen LogP contribution in [0.25, 0.3) is 0 Å². The fraction of sp³-hybridized carbons (Fsp3) is 0.647. The average Bonchev–Trinajstić information content (AvgIpc) is 2.93. The predicted molar refractivity (Wildman–Crippen MR) is 179 cm³/mol. The minimum absolute atomic E-state index is 0.539. The molecule has 2 nitrogen and oxygen atoms in total. The van der Waals surface area contributed by atoms with Crippen LogP contribution in [0.2, 0.25) is 12.1 Å². The van der Waals surface area contributed by atoms with Gasteiger partial charge >= 0.3 is 0 Å². The van der Waals surface area contributed by atoms with Gasteiger partial charge in [0.15, 0.2) is 0 Å². The molecule has 0 unspecified atom stereocenters. The molecule has 2 aromatic carbocycles. The van der Waals surface area contributed by atoms with E-state index in [1.54, 1.807) is 0 Å². The molecule has 0 radical (unpaired) electrons. The van der Waals surface area contributed by atoms with Crippen molar-refractivity contribution in [2.45, 2.75) is 140 Å². The molecule has 39 heavy (non-hydrogen) atoms. The number of unbranched alkanes of at least 4 members (excludes halogenated alkanes) is 2. The Bertz CT molecular complexity index is 858. The van der Waals surface area contributed by atoms with Crippen LogP contribution in [0.5, 0.6) is 11.5 Å². The molecule has 0 aliphatic rings. The SMILES string of the molecule is CCCC[Si](CCCC)(CSc1cc(CCC)c(O)c(CCC)c1)CSc1cc(CCC)c(O)c(CCC)c1. The maximum absolute atomic E-state index is 10.9. The van der Waals surface area contributed by atoms with Gasteiger partial charge in [-0.1, -0.05) is 105 Å². The third-order valence-electron chi connectivity index (χ3n) is 7.77. The summed E-state index contributed by atoms with van der Waals surface area (Å²) in [6.45, 7) is 13.5. The molecule has 0 bridgehead atoms. The first kappa shape index (κ1) is 34.2. The van der Waals surface area contributed by atoms with Crippen LogP contribution in [-0.2, 0) is 25.7 Å². The molecule has 2 aromatic rings. The third kappa shape index (κ3) is 10.7. The van der Waals surface area contributed by atoms with E-state index in [2.05, 4.69) is 89.3 Å². The van der Waals surface area contributed by atoms with E-state index in [9.17, 15) is 10.2 Å². The van der Waals surface area contributed by atoms with Crippen molar-refractivity contribution in [2.24, 2.45) is 0 Å². The summed E-state index contributed by atoms with van der Waals surface area (Å²) in [7, 11) is -1.57. The van der Waals surface area contributed by atoms with Gasteiger partial charge in [-0.25, -0.2) is 0 Å². The number of aryl methyl sites for hydroxylation is 4. The van der Waals surface area contributed by atoms with Crippen molar-refractivity contribution < 1.29 is 10.2 Å². The summed E-state index contributed by atoms with van der Waals surface area (Å²) in [5.74, 6) is 1.08. The van der Waals surface area contributed by atoms with Crippen molar-refractivity contribution in [3.05, 3.63) is 46.5 Å². The molecular formula is C34H56O2S2Si. The smallest absolute Gasteiger partial charge is 0.122 e. The first-order chi connectivity index (χ1) is 18.9. The predicted octanol–water partition coefficient (Wildman–Crippen LogP) is 10.9. The second-order valence-corrected chi connectivity index (χ2v) is 19.3. The monoisotopic (exact) mass is 588 g/mol. The van der Waals surface area contributed by atoms with Gasteiger partial charge in [0.25, 0.3) is 0 Å². The molecule has 0 aliphatic heterocycles. The Morgan fingerprint density at radius 1 is 0.513 bits per heavy atom. The van der Waals surface area contributed by atoms with Gasteiger partial charge in [0.1, 0.15) is 11.5 Å². The van der Waals surface area contributed by atoms with Gasteiger partial charge in [-0.15, -0.1) is 23.5 Å². The molecule has 0 fully saturated rings. The molecule has 0 spiro atoms. The zero-order valence-electron chi connectivity index (χ0n) is 25.8. The summed E-state index contributed by atoms with van der Waals surface area (Å²) >= 11 is 4.15. The van der Waals surface area contributed by atoms with Crippen LogP contribution in [0.4, 0.5) is 0 Å². The Labute approximate surface area is 250 Å². The Kier molecular flexibility index (Phi) is 16.1. The Hall–Kier alpha value is -1.04. The highest BCUT2D eigenvalue weighted by Crippen LogP contribution is 2.39. The molecule has 2 rings (SSSR count). The normalized spacial score (nSPS) is 11.8. The van der Waals surface area contributed by atoms with Crippen LogP contribution in [0.15, 0.2) is 34.1 Å². The second-order valence-electron chi connectivity index (χ2n) is 11.5. The van der Waals surface area contributed by atoms with Crippen molar-refractivity contribution in [3.63, 3.8) is 0 Å². The van der Waals surface area contributed by atoms with Crippen LogP contribution in [0, 0.1) is 0 Å². The minimum Gasteiger partial charge on any atom is -0.507 e. The van der Waals surface area contributed by atoms with Gasteiger partial charge < -0.3 is 10.2 Å². The minimum atomic E-state index is -1.57. The van der Waals surface area contributed by atoms with Crippen LogP contribution >= 0.6 is 23.5 Å². The number of hydrogen-bond donors (Lipinski definition) is 2. The number of thioether (sulfide) groups is 2. The summed E-state index contributed by atoms with van der Waals surface area (Å²) in [6.07, 6.45) is 13.2. The highest BCUT2D eigenvalue weighted by atomic mass is 32.2. The second kappa shape index (κ2) is 18.4. The van der Waals surface area contributed by atoms with E-state index in [-0.39, 0.29) is 0 Å². The van der Waals surface area contributed by atoms with Crippen LogP contribution in [0.1, 0.15) is 115 Å². The molecule has 0 aromatic heterocycles. The van der Waals surface area contributed by atoms with E-state index in [0.29, 0.717) is 11.5 Å². The highest BCUT2D eigenvalue weighted by molar-refractivity contribution is 8.03. The molecule has 2 N–H and O–H groups in total. The quantitative estimate of drug-likeness (QED) is 0.119. The zero-order valence-corrected chi connectivity index (χ0v) is 28.5. The Balaban J connectivity index is 2.36. The van der Waals surface area contributed by atoms with Crippen molar-refractivity contribution >= 4 is 31.6 Å². The number of rotatable bonds is 20. The highest BCUT2D eigenvalue weighted by Gasteiger charge is 2.32. The number of aromatic hydroxyl groups is 2. The number of phenolic OH excluding ortho intramolecular Hbond substituents is 2. The summed E-state index contributed by atoms with van der Waals surface area (Å²) < 4.78 is 0. The average molecular weight is 589 g/mol. The maximum Gasteiger partial charge on any atom is 0.122 e. The Morgan fingerprint density at radius 3 is 1.08 bits per heavy atom. The Morgan fingerprint density at radius 2 is 0.821 bits per heavy atom. The van der Waals surface area contributed by atoms with E-state index in [1.165, 1.54) is 58.3 Å². The van der Waals surface area contributed by atoms with E-state index >= 15 is 0 Å². The van der Waals surface area contributed by atoms with Crippen molar-refractivity contribution in [1.82, 2.24) is 0 Å². The topological polar surface area (TPSA) is 40.5 Å². The van der Waals surface area contributed by atoms with Crippen LogP contribution in [0.3, 0.4) is 0 Å². The van der Waals surface area contributed by atoms with E-state index in [1.807, 2.05) is 0 Å². The molecule has 0 saturated heterocycles. The molecule has 5 heteroatoms. The summed E-state index contributed by atoms with van der Waals surface area (Å²) in [6, 6.07) is 11.9. The molecule has 0 atom stereocenters. The fourth-order valence-corrected chi connectivity index (χ4v) is 16.0. The van der Waals surface area contributed by atoms with Crippen LogP contribution < -0.4 is 0 Å². The van der Waals surface area contributed by atoms with Gasteiger partial charge in [-0.05, 0) is 83.0 Å². The molecule has 0 aliphatic carbocycles. The summed E-state index contributed by atoms with van der Waals surface area (Å²) in [4.78, 5) is 2.71. The van der Waals surface area contributed by atoms with Crippen molar-refractivity contribution in [3.8, 4) is 11.5 Å². The van der Waals surface area contributed by atoms with E-state index in [4.69, 9.17) is 0 Å². The van der Waals surface area contributed by atoms with Gasteiger partial charge in [-0.2, -0.15) is 0 Å². The fourth-order valence-electron chi connectivity index (χ4n) is 5.49. The molecule has 0 heterocycles. The van der Waals surface area contributed by atoms with Gasteiger partial charge in [0.2, 0.25) is 0 Å². The molecule has 220 valence electrons. The van der Waals surface area contributed by atoms with Gasteiger partial charge in [0.05, 0.1) is 8.07 Å². The molecule has 0 amide bonds. The lowest BCUT2D eigenvalue weighted by molar-refractivity contribution is 0.459. The van der Waals surface area contributed by atoms with Crippen molar-refractivity contribution in [1.29, 1.82) is 0 Å².